The van der Waals surface area contributed by atoms with Gasteiger partial charge in [0, 0.05) is 16.5 Å². The van der Waals surface area contributed by atoms with Crippen LogP contribution in [0.3, 0.4) is 0 Å². The molecule has 0 atom stereocenters. The molecule has 1 saturated heterocycles. The Hall–Kier alpha value is -2.74. The van der Waals surface area contributed by atoms with Gasteiger partial charge < -0.3 is 4.90 Å². The molecule has 3 aromatic rings. The van der Waals surface area contributed by atoms with Crippen LogP contribution < -0.4 is 9.80 Å². The van der Waals surface area contributed by atoms with Crippen molar-refractivity contribution in [2.75, 3.05) is 16.3 Å². The van der Waals surface area contributed by atoms with Gasteiger partial charge in [0.2, 0.25) is 0 Å². The summed E-state index contributed by atoms with van der Waals surface area (Å²) in [4.78, 5) is 23.9. The van der Waals surface area contributed by atoms with E-state index in [-0.39, 0.29) is 11.7 Å². The van der Waals surface area contributed by atoms with Crippen molar-refractivity contribution in [3.63, 3.8) is 0 Å². The Bertz CT molecular complexity index is 1320. The molecular weight excluding hydrogens is 477 g/mol. The van der Waals surface area contributed by atoms with E-state index in [9.17, 15) is 9.18 Å². The molecule has 4 nitrogen and oxygen atoms in total. The molecule has 0 N–H and O–H groups in total. The van der Waals surface area contributed by atoms with E-state index >= 15 is 0 Å². The number of fused-ring (bicyclic) bond motifs is 1. The topological polar surface area (TPSA) is 35.9 Å². The highest BCUT2D eigenvalue weighted by atomic mass is 35.5. The van der Waals surface area contributed by atoms with E-state index in [0.717, 1.165) is 26.9 Å². The van der Waals surface area contributed by atoms with Crippen molar-refractivity contribution in [3.05, 3.63) is 93.1 Å². The molecule has 3 aromatic carbocycles. The second kappa shape index (κ2) is 8.89. The number of anilines is 2. The Labute approximate surface area is 205 Å². The molecule has 2 heterocycles. The largest absolute Gasteiger partial charge is 0.334 e. The molecule has 1 fully saturated rings. The van der Waals surface area contributed by atoms with E-state index in [1.807, 2.05) is 56.3 Å². The molecule has 0 aromatic heterocycles. The van der Waals surface area contributed by atoms with Crippen molar-refractivity contribution in [1.82, 2.24) is 0 Å². The zero-order chi connectivity index (χ0) is 23.1. The lowest BCUT2D eigenvalue weighted by Crippen LogP contribution is -2.29. The van der Waals surface area contributed by atoms with Crippen LogP contribution >= 0.6 is 35.1 Å². The number of benzene rings is 3. The SMILES string of the molecule is CCN1/C(=C2/SC(=Nc3ccc(F)cc3)N(c3cccc(C)c3)C2=O)Sc2ccc(Cl)cc21. The molecule has 166 valence electrons. The zero-order valence-corrected chi connectivity index (χ0v) is 20.3. The zero-order valence-electron chi connectivity index (χ0n) is 17.9. The first-order valence-corrected chi connectivity index (χ1v) is 12.4. The number of aliphatic imine (C=N–C) groups is 1. The Morgan fingerprint density at radius 1 is 1.03 bits per heavy atom. The van der Waals surface area contributed by atoms with Crippen LogP contribution in [0, 0.1) is 12.7 Å². The number of rotatable bonds is 3. The summed E-state index contributed by atoms with van der Waals surface area (Å²) in [6, 6.07) is 19.5. The first kappa shape index (κ1) is 22.1. The highest BCUT2D eigenvalue weighted by molar-refractivity contribution is 8.20. The van der Waals surface area contributed by atoms with E-state index < -0.39 is 0 Å². The molecule has 8 heteroatoms. The molecule has 1 amide bonds. The minimum atomic E-state index is -0.329. The molecule has 2 aliphatic rings. The van der Waals surface area contributed by atoms with Gasteiger partial charge in [0.15, 0.2) is 5.17 Å². The van der Waals surface area contributed by atoms with Crippen molar-refractivity contribution in [1.29, 1.82) is 0 Å². The molecule has 0 saturated carbocycles. The summed E-state index contributed by atoms with van der Waals surface area (Å²) in [6.07, 6.45) is 0. The molecule has 33 heavy (non-hydrogen) atoms. The maximum absolute atomic E-state index is 13.8. The first-order chi connectivity index (χ1) is 15.9. The first-order valence-electron chi connectivity index (χ1n) is 10.4. The summed E-state index contributed by atoms with van der Waals surface area (Å²) >= 11 is 9.14. The monoisotopic (exact) mass is 495 g/mol. The molecule has 2 aliphatic heterocycles. The van der Waals surface area contributed by atoms with Gasteiger partial charge in [0.1, 0.15) is 15.8 Å². The summed E-state index contributed by atoms with van der Waals surface area (Å²) in [5.41, 5.74) is 3.37. The maximum Gasteiger partial charge on any atom is 0.274 e. The number of halogens is 2. The second-order valence-electron chi connectivity index (χ2n) is 7.55. The van der Waals surface area contributed by atoms with E-state index in [1.165, 1.54) is 23.9 Å². The lowest BCUT2D eigenvalue weighted by molar-refractivity contribution is -0.113. The number of amides is 1. The highest BCUT2D eigenvalue weighted by Gasteiger charge is 2.40. The fourth-order valence-electron chi connectivity index (χ4n) is 3.74. The summed E-state index contributed by atoms with van der Waals surface area (Å²) in [7, 11) is 0. The van der Waals surface area contributed by atoms with Gasteiger partial charge in [-0.15, -0.1) is 0 Å². The number of thioether (sulfide) groups is 2. The fourth-order valence-corrected chi connectivity index (χ4v) is 6.28. The average Bonchev–Trinajstić information content (AvgIpc) is 3.31. The van der Waals surface area contributed by atoms with Crippen LogP contribution in [0.15, 0.2) is 86.6 Å². The van der Waals surface area contributed by atoms with E-state index in [4.69, 9.17) is 16.6 Å². The summed E-state index contributed by atoms with van der Waals surface area (Å²) in [5.74, 6) is -0.462. The smallest absolute Gasteiger partial charge is 0.274 e. The Morgan fingerprint density at radius 2 is 1.82 bits per heavy atom. The number of aryl methyl sites for hydroxylation is 1. The van der Waals surface area contributed by atoms with Crippen molar-refractivity contribution in [2.24, 2.45) is 4.99 Å². The van der Waals surface area contributed by atoms with Crippen LogP contribution in [0.4, 0.5) is 21.5 Å². The summed E-state index contributed by atoms with van der Waals surface area (Å²) in [6.45, 7) is 4.73. The van der Waals surface area contributed by atoms with E-state index in [1.54, 1.807) is 28.8 Å². The Kier molecular flexibility index (Phi) is 5.95. The number of hydrogen-bond acceptors (Lipinski definition) is 5. The van der Waals surface area contributed by atoms with Gasteiger partial charge in [-0.25, -0.2) is 9.38 Å². The number of amidine groups is 1. The predicted molar refractivity (Wildman–Crippen MR) is 137 cm³/mol. The van der Waals surface area contributed by atoms with Gasteiger partial charge in [-0.3, -0.25) is 9.69 Å². The Morgan fingerprint density at radius 3 is 2.55 bits per heavy atom. The normalized spacial score (nSPS) is 19.0. The fraction of sp³-hybridized carbons (Fsp3) is 0.120. The van der Waals surface area contributed by atoms with E-state index in [2.05, 4.69) is 4.90 Å². The minimum Gasteiger partial charge on any atom is -0.334 e. The lowest BCUT2D eigenvalue weighted by atomic mass is 10.2. The number of nitrogens with zero attached hydrogens (tertiary/aromatic N) is 3. The van der Waals surface area contributed by atoms with Crippen LogP contribution in [0.1, 0.15) is 12.5 Å². The van der Waals surface area contributed by atoms with Gasteiger partial charge in [-0.05, 0) is 85.8 Å². The molecule has 0 radical (unpaired) electrons. The van der Waals surface area contributed by atoms with Crippen molar-refractivity contribution < 1.29 is 9.18 Å². The van der Waals surface area contributed by atoms with Gasteiger partial charge in [-0.2, -0.15) is 0 Å². The van der Waals surface area contributed by atoms with Crippen molar-refractivity contribution in [3.8, 4) is 0 Å². The van der Waals surface area contributed by atoms with E-state index in [0.29, 0.717) is 27.3 Å². The van der Waals surface area contributed by atoms with Crippen molar-refractivity contribution in [2.45, 2.75) is 18.7 Å². The minimum absolute atomic E-state index is 0.133. The number of hydrogen-bond donors (Lipinski definition) is 0. The molecule has 5 rings (SSSR count). The molecule has 0 bridgehead atoms. The molecular formula is C25H19ClFN3OS2. The summed E-state index contributed by atoms with van der Waals surface area (Å²) in [5, 5.41) is 2.06. The third-order valence-electron chi connectivity index (χ3n) is 5.27. The standard InChI is InChI=1S/C25H19ClFN3OS2/c1-3-29-20-14-16(26)7-12-21(20)32-24(29)22-23(31)30(19-6-4-5-15(2)13-19)25(33-22)28-18-10-8-17(27)9-11-18/h4-14H,3H2,1-2H3/b24-22-,28-25?. The molecule has 0 unspecified atom stereocenters. The molecule has 0 spiro atoms. The number of carbonyl (C=O) groups is 1. The third kappa shape index (κ3) is 4.16. The predicted octanol–water partition coefficient (Wildman–Crippen LogP) is 7.36. The third-order valence-corrected chi connectivity index (χ3v) is 7.84. The van der Waals surface area contributed by atoms with Crippen molar-refractivity contribution >= 4 is 63.3 Å². The highest BCUT2D eigenvalue weighted by Crippen LogP contribution is 2.51. The molecule has 0 aliphatic carbocycles. The van der Waals surface area contributed by atoms with Gasteiger partial charge in [-0.1, -0.05) is 35.5 Å². The average molecular weight is 496 g/mol. The number of carbonyl (C=O) groups excluding carboxylic acids is 1. The van der Waals surface area contributed by atoms with Crippen LogP contribution in [0.2, 0.25) is 5.02 Å². The van der Waals surface area contributed by atoms with Gasteiger partial charge in [0.05, 0.1) is 17.1 Å². The Balaban J connectivity index is 1.63. The van der Waals surface area contributed by atoms with Crippen LogP contribution in [0.5, 0.6) is 0 Å². The maximum atomic E-state index is 13.8. The van der Waals surface area contributed by atoms with Crippen LogP contribution in [-0.4, -0.2) is 17.6 Å². The second-order valence-corrected chi connectivity index (χ2v) is 9.99. The van der Waals surface area contributed by atoms with Gasteiger partial charge in [0.25, 0.3) is 5.91 Å². The van der Waals surface area contributed by atoms with Gasteiger partial charge >= 0.3 is 0 Å². The van der Waals surface area contributed by atoms with Crippen LogP contribution in [-0.2, 0) is 4.79 Å². The lowest BCUT2D eigenvalue weighted by Gasteiger charge is -2.19. The quantitative estimate of drug-likeness (QED) is 0.356. The van der Waals surface area contributed by atoms with Crippen LogP contribution in [0.25, 0.3) is 0 Å². The summed E-state index contributed by atoms with van der Waals surface area (Å²) < 4.78 is 13.4.